The summed E-state index contributed by atoms with van der Waals surface area (Å²) in [5.41, 5.74) is 0.627. The van der Waals surface area contributed by atoms with E-state index >= 15 is 0 Å². The number of rotatable bonds is 7. The summed E-state index contributed by atoms with van der Waals surface area (Å²) in [4.78, 5) is 0. The SMILES string of the molecule is CC(NCCOCC(F)F)c1ccc(O)cc1O. The molecule has 1 atom stereocenters. The highest BCUT2D eigenvalue weighted by Crippen LogP contribution is 2.27. The maximum atomic E-state index is 11.8. The van der Waals surface area contributed by atoms with Crippen molar-refractivity contribution in [3.8, 4) is 11.5 Å². The van der Waals surface area contributed by atoms with Crippen molar-refractivity contribution < 1.29 is 23.7 Å². The highest BCUT2D eigenvalue weighted by molar-refractivity contribution is 5.40. The Labute approximate surface area is 104 Å². The van der Waals surface area contributed by atoms with Crippen molar-refractivity contribution in [3.63, 3.8) is 0 Å². The average molecular weight is 261 g/mol. The Hall–Kier alpha value is -1.40. The topological polar surface area (TPSA) is 61.7 Å². The molecule has 0 bridgehead atoms. The van der Waals surface area contributed by atoms with Gasteiger partial charge in [0.1, 0.15) is 18.1 Å². The van der Waals surface area contributed by atoms with Crippen molar-refractivity contribution in [2.45, 2.75) is 19.4 Å². The van der Waals surface area contributed by atoms with Crippen molar-refractivity contribution >= 4 is 0 Å². The van der Waals surface area contributed by atoms with Gasteiger partial charge in [0.2, 0.25) is 0 Å². The van der Waals surface area contributed by atoms with E-state index in [0.717, 1.165) is 0 Å². The van der Waals surface area contributed by atoms with Crippen molar-refractivity contribution in [2.75, 3.05) is 19.8 Å². The summed E-state index contributed by atoms with van der Waals surface area (Å²) in [7, 11) is 0. The van der Waals surface area contributed by atoms with Crippen LogP contribution in [0.3, 0.4) is 0 Å². The number of hydrogen-bond acceptors (Lipinski definition) is 4. The van der Waals surface area contributed by atoms with Crippen LogP contribution in [-0.2, 0) is 4.74 Å². The van der Waals surface area contributed by atoms with E-state index in [-0.39, 0.29) is 24.1 Å². The predicted octanol–water partition coefficient (Wildman–Crippen LogP) is 2.03. The molecule has 0 aliphatic carbocycles. The van der Waals surface area contributed by atoms with E-state index in [1.807, 2.05) is 6.92 Å². The number of phenols is 2. The monoisotopic (exact) mass is 261 g/mol. The summed E-state index contributed by atoms with van der Waals surface area (Å²) < 4.78 is 28.3. The van der Waals surface area contributed by atoms with E-state index in [1.54, 1.807) is 6.07 Å². The first-order valence-corrected chi connectivity index (χ1v) is 5.62. The lowest BCUT2D eigenvalue weighted by Gasteiger charge is -2.15. The Balaban J connectivity index is 2.34. The summed E-state index contributed by atoms with van der Waals surface area (Å²) in [5.74, 6) is -0.0211. The van der Waals surface area contributed by atoms with Crippen molar-refractivity contribution in [1.29, 1.82) is 0 Å². The van der Waals surface area contributed by atoms with Crippen molar-refractivity contribution in [2.24, 2.45) is 0 Å². The number of halogens is 2. The molecule has 1 unspecified atom stereocenters. The van der Waals surface area contributed by atoms with Crippen molar-refractivity contribution in [1.82, 2.24) is 5.32 Å². The van der Waals surface area contributed by atoms with Crippen LogP contribution in [0, 0.1) is 0 Å². The molecule has 0 spiro atoms. The fourth-order valence-electron chi connectivity index (χ4n) is 1.53. The second-order valence-corrected chi connectivity index (χ2v) is 3.88. The van der Waals surface area contributed by atoms with Crippen molar-refractivity contribution in [3.05, 3.63) is 23.8 Å². The number of aromatic hydroxyl groups is 2. The maximum absolute atomic E-state index is 11.8. The molecule has 1 aromatic carbocycles. The molecular formula is C12H17F2NO3. The molecule has 0 aliphatic heterocycles. The molecule has 3 N–H and O–H groups in total. The van der Waals surface area contributed by atoms with Gasteiger partial charge in [0.25, 0.3) is 6.43 Å². The van der Waals surface area contributed by atoms with Gasteiger partial charge in [0.15, 0.2) is 0 Å². The van der Waals surface area contributed by atoms with Crippen LogP contribution in [0.25, 0.3) is 0 Å². The van der Waals surface area contributed by atoms with Crippen LogP contribution in [0.15, 0.2) is 18.2 Å². The third-order valence-corrected chi connectivity index (χ3v) is 2.42. The lowest BCUT2D eigenvalue weighted by Crippen LogP contribution is -2.24. The normalized spacial score (nSPS) is 12.9. The third kappa shape index (κ3) is 4.85. The van der Waals surface area contributed by atoms with E-state index in [4.69, 9.17) is 9.84 Å². The number of hydrogen-bond donors (Lipinski definition) is 3. The molecule has 102 valence electrons. The Bertz CT molecular complexity index is 374. The first-order chi connectivity index (χ1) is 8.50. The fraction of sp³-hybridized carbons (Fsp3) is 0.500. The summed E-state index contributed by atoms with van der Waals surface area (Å²) in [5, 5.41) is 21.8. The quantitative estimate of drug-likeness (QED) is 0.657. The van der Waals surface area contributed by atoms with Crippen LogP contribution in [0.1, 0.15) is 18.5 Å². The third-order valence-electron chi connectivity index (χ3n) is 2.42. The van der Waals surface area contributed by atoms with Gasteiger partial charge in [-0.1, -0.05) is 6.07 Å². The van der Waals surface area contributed by atoms with E-state index in [9.17, 15) is 13.9 Å². The summed E-state index contributed by atoms with van der Waals surface area (Å²) >= 11 is 0. The molecule has 1 aromatic rings. The van der Waals surface area contributed by atoms with E-state index in [0.29, 0.717) is 12.1 Å². The molecule has 4 nitrogen and oxygen atoms in total. The minimum Gasteiger partial charge on any atom is -0.508 e. The van der Waals surface area contributed by atoms with Gasteiger partial charge >= 0.3 is 0 Å². The zero-order valence-electron chi connectivity index (χ0n) is 10.1. The standard InChI is InChI=1S/C12H17F2NO3/c1-8(15-4-5-18-7-12(13)14)10-3-2-9(16)6-11(10)17/h2-3,6,8,12,15-17H,4-5,7H2,1H3. The molecule has 0 aliphatic rings. The molecule has 0 amide bonds. The lowest BCUT2D eigenvalue weighted by molar-refractivity contribution is 0.0183. The molecule has 18 heavy (non-hydrogen) atoms. The molecular weight excluding hydrogens is 244 g/mol. The molecule has 0 fully saturated rings. The van der Waals surface area contributed by atoms with Gasteiger partial charge in [-0.3, -0.25) is 0 Å². The lowest BCUT2D eigenvalue weighted by atomic mass is 10.1. The van der Waals surface area contributed by atoms with E-state index < -0.39 is 13.0 Å². The smallest absolute Gasteiger partial charge is 0.261 e. The van der Waals surface area contributed by atoms with E-state index in [2.05, 4.69) is 5.32 Å². The van der Waals surface area contributed by atoms with Crippen LogP contribution in [0.5, 0.6) is 11.5 Å². The number of ether oxygens (including phenoxy) is 1. The van der Waals surface area contributed by atoms with Gasteiger partial charge in [-0.2, -0.15) is 0 Å². The second-order valence-electron chi connectivity index (χ2n) is 3.88. The molecule has 0 radical (unpaired) electrons. The average Bonchev–Trinajstić information content (AvgIpc) is 2.27. The van der Waals surface area contributed by atoms with Crippen LogP contribution >= 0.6 is 0 Å². The van der Waals surface area contributed by atoms with Crippen LogP contribution < -0.4 is 5.32 Å². The van der Waals surface area contributed by atoms with Crippen LogP contribution in [0.2, 0.25) is 0 Å². The largest absolute Gasteiger partial charge is 0.508 e. The summed E-state index contributed by atoms with van der Waals surface area (Å²) in [6.07, 6.45) is -2.46. The summed E-state index contributed by atoms with van der Waals surface area (Å²) in [6.45, 7) is 1.82. The zero-order valence-corrected chi connectivity index (χ0v) is 10.1. The van der Waals surface area contributed by atoms with Crippen LogP contribution in [-0.4, -0.2) is 36.4 Å². The highest BCUT2D eigenvalue weighted by Gasteiger charge is 2.10. The number of nitrogens with one attached hydrogen (secondary N) is 1. The van der Waals surface area contributed by atoms with Gasteiger partial charge in [-0.05, 0) is 13.0 Å². The van der Waals surface area contributed by atoms with Gasteiger partial charge in [-0.25, -0.2) is 8.78 Å². The zero-order chi connectivity index (χ0) is 13.5. The van der Waals surface area contributed by atoms with E-state index in [1.165, 1.54) is 12.1 Å². The van der Waals surface area contributed by atoms with Gasteiger partial charge in [0, 0.05) is 24.2 Å². The fourth-order valence-corrected chi connectivity index (χ4v) is 1.53. The Morgan fingerprint density at radius 2 is 2.06 bits per heavy atom. The second kappa shape index (κ2) is 7.13. The number of benzene rings is 1. The minimum atomic E-state index is -2.46. The molecule has 0 saturated carbocycles. The predicted molar refractivity (Wildman–Crippen MR) is 63.0 cm³/mol. The molecule has 0 aromatic heterocycles. The molecule has 0 saturated heterocycles. The maximum Gasteiger partial charge on any atom is 0.261 e. The van der Waals surface area contributed by atoms with Gasteiger partial charge < -0.3 is 20.3 Å². The minimum absolute atomic E-state index is 0.0104. The Morgan fingerprint density at radius 3 is 2.67 bits per heavy atom. The molecule has 0 heterocycles. The summed E-state index contributed by atoms with van der Waals surface area (Å²) in [6, 6.07) is 4.16. The van der Waals surface area contributed by atoms with Crippen LogP contribution in [0.4, 0.5) is 8.78 Å². The first-order valence-electron chi connectivity index (χ1n) is 5.62. The van der Waals surface area contributed by atoms with Gasteiger partial charge in [-0.15, -0.1) is 0 Å². The Morgan fingerprint density at radius 1 is 1.33 bits per heavy atom. The number of alkyl halides is 2. The highest BCUT2D eigenvalue weighted by atomic mass is 19.3. The molecule has 6 heteroatoms. The van der Waals surface area contributed by atoms with Gasteiger partial charge in [0.05, 0.1) is 6.61 Å². The number of phenolic OH excluding ortho intramolecular Hbond substituents is 2. The molecule has 1 rings (SSSR count). The first kappa shape index (κ1) is 14.7. The Kier molecular flexibility index (Phi) is 5.80.